The fraction of sp³-hybridized carbons (Fsp3) is 0.300. The number of aromatic nitrogens is 3. The van der Waals surface area contributed by atoms with Gasteiger partial charge in [0.05, 0.1) is 11.1 Å². The molecule has 3 aromatic rings. The molecule has 0 saturated carbocycles. The minimum absolute atomic E-state index is 0.0323. The molecule has 0 spiro atoms. The van der Waals surface area contributed by atoms with Crippen LogP contribution in [0.4, 0.5) is 0 Å². The van der Waals surface area contributed by atoms with Crippen molar-refractivity contribution in [1.82, 2.24) is 19.9 Å². The van der Waals surface area contributed by atoms with Crippen LogP contribution in [0.3, 0.4) is 0 Å². The number of carbonyl (C=O) groups excluding carboxylic acids is 1. The first kappa shape index (κ1) is 15.7. The van der Waals surface area contributed by atoms with Gasteiger partial charge in [-0.25, -0.2) is 9.97 Å². The van der Waals surface area contributed by atoms with E-state index in [-0.39, 0.29) is 5.91 Å². The van der Waals surface area contributed by atoms with Crippen molar-refractivity contribution in [1.29, 1.82) is 0 Å². The Hall–Kier alpha value is -2.82. The molecule has 25 heavy (non-hydrogen) atoms. The molecule has 1 atom stereocenters. The van der Waals surface area contributed by atoms with Crippen LogP contribution in [-0.2, 0) is 6.42 Å². The van der Waals surface area contributed by atoms with Gasteiger partial charge in [-0.3, -0.25) is 9.78 Å². The summed E-state index contributed by atoms with van der Waals surface area (Å²) in [7, 11) is 0. The number of para-hydroxylation sites is 1. The first-order valence-corrected chi connectivity index (χ1v) is 8.68. The highest BCUT2D eigenvalue weighted by atomic mass is 16.2. The lowest BCUT2D eigenvalue weighted by Gasteiger charge is -2.33. The molecule has 5 heteroatoms. The van der Waals surface area contributed by atoms with Gasteiger partial charge in [-0.15, -0.1) is 0 Å². The summed E-state index contributed by atoms with van der Waals surface area (Å²) in [6.45, 7) is 1.59. The Kier molecular flexibility index (Phi) is 4.37. The van der Waals surface area contributed by atoms with E-state index in [1.54, 1.807) is 12.4 Å². The van der Waals surface area contributed by atoms with Crippen molar-refractivity contribution in [3.05, 3.63) is 66.4 Å². The molecule has 0 radical (unpaired) electrons. The highest BCUT2D eigenvalue weighted by Gasteiger charge is 2.25. The molecule has 1 saturated heterocycles. The van der Waals surface area contributed by atoms with Gasteiger partial charge in [-0.2, -0.15) is 0 Å². The Bertz CT molecular complexity index is 876. The first-order valence-electron chi connectivity index (χ1n) is 8.68. The van der Waals surface area contributed by atoms with Gasteiger partial charge in [0.2, 0.25) is 0 Å². The number of rotatable bonds is 3. The molecular formula is C20H20N4O. The lowest BCUT2D eigenvalue weighted by atomic mass is 9.90. The quantitative estimate of drug-likeness (QED) is 0.739. The third-order valence-electron chi connectivity index (χ3n) is 4.86. The molecule has 1 aliphatic heterocycles. The van der Waals surface area contributed by atoms with E-state index in [0.29, 0.717) is 11.5 Å². The van der Waals surface area contributed by atoms with Crippen LogP contribution in [0.5, 0.6) is 0 Å². The number of likely N-dealkylation sites (tertiary alicyclic amines) is 1. The Morgan fingerprint density at radius 3 is 2.88 bits per heavy atom. The second-order valence-corrected chi connectivity index (χ2v) is 6.58. The van der Waals surface area contributed by atoms with E-state index in [0.717, 1.165) is 37.9 Å². The molecule has 4 rings (SSSR count). The summed E-state index contributed by atoms with van der Waals surface area (Å²) in [5.74, 6) is 0.498. The van der Waals surface area contributed by atoms with Crippen molar-refractivity contribution in [3.8, 4) is 0 Å². The maximum Gasteiger partial charge on any atom is 0.256 e. The van der Waals surface area contributed by atoms with E-state index in [1.807, 2.05) is 23.2 Å². The lowest BCUT2D eigenvalue weighted by Crippen LogP contribution is -2.40. The van der Waals surface area contributed by atoms with Crippen LogP contribution in [0.1, 0.15) is 28.8 Å². The summed E-state index contributed by atoms with van der Waals surface area (Å²) >= 11 is 0. The van der Waals surface area contributed by atoms with Gasteiger partial charge in [0.15, 0.2) is 0 Å². The Balaban J connectivity index is 1.51. The monoisotopic (exact) mass is 332 g/mol. The molecule has 0 unspecified atom stereocenters. The lowest BCUT2D eigenvalue weighted by molar-refractivity contribution is 0.0672. The average molecular weight is 332 g/mol. The third-order valence-corrected chi connectivity index (χ3v) is 4.86. The van der Waals surface area contributed by atoms with E-state index < -0.39 is 0 Å². The van der Waals surface area contributed by atoms with Crippen LogP contribution in [0.25, 0.3) is 10.9 Å². The molecule has 1 fully saturated rings. The third kappa shape index (κ3) is 3.36. The van der Waals surface area contributed by atoms with Gasteiger partial charge in [-0.1, -0.05) is 18.2 Å². The summed E-state index contributed by atoms with van der Waals surface area (Å²) < 4.78 is 0. The van der Waals surface area contributed by atoms with Crippen molar-refractivity contribution in [2.24, 2.45) is 5.92 Å². The summed E-state index contributed by atoms with van der Waals surface area (Å²) in [4.78, 5) is 26.9. The van der Waals surface area contributed by atoms with Crippen LogP contribution >= 0.6 is 0 Å². The summed E-state index contributed by atoms with van der Waals surface area (Å²) in [5, 5.41) is 1.21. The van der Waals surface area contributed by atoms with Gasteiger partial charge in [0, 0.05) is 37.1 Å². The number of benzene rings is 1. The number of piperidine rings is 1. The van der Waals surface area contributed by atoms with Crippen molar-refractivity contribution in [3.63, 3.8) is 0 Å². The van der Waals surface area contributed by atoms with Gasteiger partial charge in [0.25, 0.3) is 5.91 Å². The van der Waals surface area contributed by atoms with Crippen molar-refractivity contribution >= 4 is 16.8 Å². The Morgan fingerprint density at radius 2 is 2.00 bits per heavy atom. The highest BCUT2D eigenvalue weighted by molar-refractivity contribution is 5.93. The van der Waals surface area contributed by atoms with Crippen LogP contribution in [0, 0.1) is 5.92 Å². The number of nitrogens with zero attached hydrogens (tertiary/aromatic N) is 4. The van der Waals surface area contributed by atoms with E-state index in [4.69, 9.17) is 0 Å². The SMILES string of the molecule is O=C(c1cncnc1)N1CCC[C@@H](Cc2ccnc3ccccc23)C1. The predicted molar refractivity (Wildman–Crippen MR) is 96.1 cm³/mol. The van der Waals surface area contributed by atoms with Gasteiger partial charge < -0.3 is 4.90 Å². The fourth-order valence-electron chi connectivity index (χ4n) is 3.65. The van der Waals surface area contributed by atoms with Crippen LogP contribution in [0.15, 0.2) is 55.2 Å². The smallest absolute Gasteiger partial charge is 0.256 e. The molecule has 0 bridgehead atoms. The standard InChI is InChI=1S/C20H20N4O/c25-20(17-11-21-14-22-12-17)24-9-3-4-15(13-24)10-16-7-8-23-19-6-2-1-5-18(16)19/h1-2,5-8,11-12,14-15H,3-4,9-10,13H2/t15-/m0/s1. The summed E-state index contributed by atoms with van der Waals surface area (Å²) in [6, 6.07) is 10.4. The number of hydrogen-bond donors (Lipinski definition) is 0. The maximum absolute atomic E-state index is 12.6. The molecule has 5 nitrogen and oxygen atoms in total. The normalized spacial score (nSPS) is 17.6. The van der Waals surface area contributed by atoms with Gasteiger partial charge in [0.1, 0.15) is 6.33 Å². The molecule has 0 N–H and O–H groups in total. The first-order chi connectivity index (χ1) is 12.3. The van der Waals surface area contributed by atoms with Crippen LogP contribution < -0.4 is 0 Å². The molecule has 1 aliphatic rings. The largest absolute Gasteiger partial charge is 0.338 e. The Labute approximate surface area is 146 Å². The van der Waals surface area contributed by atoms with E-state index in [9.17, 15) is 4.79 Å². The number of carbonyl (C=O) groups is 1. The number of pyridine rings is 1. The Morgan fingerprint density at radius 1 is 1.16 bits per heavy atom. The zero-order valence-corrected chi connectivity index (χ0v) is 14.0. The minimum Gasteiger partial charge on any atom is -0.338 e. The van der Waals surface area contributed by atoms with Gasteiger partial charge in [-0.05, 0) is 42.9 Å². The maximum atomic E-state index is 12.6. The zero-order chi connectivity index (χ0) is 17.1. The molecule has 2 aromatic heterocycles. The van der Waals surface area contributed by atoms with Gasteiger partial charge >= 0.3 is 0 Å². The number of fused-ring (bicyclic) bond motifs is 1. The van der Waals surface area contributed by atoms with E-state index in [2.05, 4.69) is 33.2 Å². The van der Waals surface area contributed by atoms with Crippen molar-refractivity contribution in [2.75, 3.05) is 13.1 Å². The van der Waals surface area contributed by atoms with E-state index >= 15 is 0 Å². The topological polar surface area (TPSA) is 59.0 Å². The molecule has 3 heterocycles. The van der Waals surface area contributed by atoms with Crippen LogP contribution in [0.2, 0.25) is 0 Å². The number of amides is 1. The average Bonchev–Trinajstić information content (AvgIpc) is 2.69. The van der Waals surface area contributed by atoms with Crippen molar-refractivity contribution < 1.29 is 4.79 Å². The summed E-state index contributed by atoms with van der Waals surface area (Å²) in [6.07, 6.45) is 9.66. The molecule has 126 valence electrons. The fourth-order valence-corrected chi connectivity index (χ4v) is 3.65. The van der Waals surface area contributed by atoms with Crippen molar-refractivity contribution in [2.45, 2.75) is 19.3 Å². The second-order valence-electron chi connectivity index (χ2n) is 6.58. The highest BCUT2D eigenvalue weighted by Crippen LogP contribution is 2.25. The predicted octanol–water partition coefficient (Wildman–Crippen LogP) is 3.12. The molecule has 1 amide bonds. The molecule has 0 aliphatic carbocycles. The minimum atomic E-state index is 0.0323. The van der Waals surface area contributed by atoms with E-state index in [1.165, 1.54) is 17.3 Å². The molecule has 1 aromatic carbocycles. The second kappa shape index (κ2) is 6.97. The van der Waals surface area contributed by atoms with Crippen LogP contribution in [-0.4, -0.2) is 38.8 Å². The summed E-state index contributed by atoms with van der Waals surface area (Å²) in [5.41, 5.74) is 2.91. The zero-order valence-electron chi connectivity index (χ0n) is 14.0. The number of hydrogen-bond acceptors (Lipinski definition) is 4. The molecular weight excluding hydrogens is 312 g/mol.